The summed E-state index contributed by atoms with van der Waals surface area (Å²) in [5, 5.41) is 2.82. The smallest absolute Gasteiger partial charge is 0.251 e. The summed E-state index contributed by atoms with van der Waals surface area (Å²) in [7, 11) is 3.07. The molecule has 1 aromatic carbocycles. The summed E-state index contributed by atoms with van der Waals surface area (Å²) in [6.45, 7) is 2.01. The van der Waals surface area contributed by atoms with Gasteiger partial charge in [0.2, 0.25) is 0 Å². The van der Waals surface area contributed by atoms with Crippen molar-refractivity contribution in [2.75, 3.05) is 14.2 Å². The first-order valence-electron chi connectivity index (χ1n) is 6.35. The summed E-state index contributed by atoms with van der Waals surface area (Å²) in [4.78, 5) is 12.5. The molecule has 0 saturated carbocycles. The van der Waals surface area contributed by atoms with Crippen LogP contribution >= 0.6 is 12.2 Å². The Bertz CT molecular complexity index is 491. The number of carbonyl (C=O) groups is 1. The van der Waals surface area contributed by atoms with Gasteiger partial charge in [0.1, 0.15) is 0 Å². The van der Waals surface area contributed by atoms with E-state index in [0.717, 1.165) is 6.42 Å². The molecule has 0 radical (unpaired) electrons. The quantitative estimate of drug-likeness (QED) is 0.752. The van der Waals surface area contributed by atoms with Crippen LogP contribution in [0.3, 0.4) is 0 Å². The van der Waals surface area contributed by atoms with E-state index in [1.165, 1.54) is 7.11 Å². The summed E-state index contributed by atoms with van der Waals surface area (Å²) in [6.07, 6.45) is 1.60. The van der Waals surface area contributed by atoms with Crippen LogP contribution in [0, 0.1) is 0 Å². The van der Waals surface area contributed by atoms with Crippen molar-refractivity contribution in [3.8, 4) is 11.5 Å². The van der Waals surface area contributed by atoms with E-state index in [1.54, 1.807) is 25.3 Å². The van der Waals surface area contributed by atoms with Gasteiger partial charge in [-0.25, -0.2) is 0 Å². The highest BCUT2D eigenvalue weighted by Crippen LogP contribution is 2.27. The number of hydrogen-bond donors (Lipinski definition) is 2. The van der Waals surface area contributed by atoms with Gasteiger partial charge in [-0.2, -0.15) is 0 Å². The Morgan fingerprint density at radius 3 is 2.50 bits per heavy atom. The zero-order chi connectivity index (χ0) is 15.1. The van der Waals surface area contributed by atoms with Gasteiger partial charge in [0.05, 0.1) is 25.2 Å². The Kier molecular flexibility index (Phi) is 6.24. The summed E-state index contributed by atoms with van der Waals surface area (Å²) in [6, 6.07) is 4.68. The summed E-state index contributed by atoms with van der Waals surface area (Å²) in [5.41, 5.74) is 6.10. The van der Waals surface area contributed by atoms with Crippen LogP contribution in [0.15, 0.2) is 18.2 Å². The van der Waals surface area contributed by atoms with E-state index in [-0.39, 0.29) is 11.9 Å². The van der Waals surface area contributed by atoms with Crippen molar-refractivity contribution in [3.63, 3.8) is 0 Å². The van der Waals surface area contributed by atoms with Crippen molar-refractivity contribution in [2.45, 2.75) is 25.8 Å². The lowest BCUT2D eigenvalue weighted by Gasteiger charge is -2.17. The highest BCUT2D eigenvalue weighted by atomic mass is 32.1. The molecule has 20 heavy (non-hydrogen) atoms. The van der Waals surface area contributed by atoms with Crippen molar-refractivity contribution in [2.24, 2.45) is 5.73 Å². The number of rotatable bonds is 7. The van der Waals surface area contributed by atoms with Crippen molar-refractivity contribution >= 4 is 23.1 Å². The predicted molar refractivity (Wildman–Crippen MR) is 82.5 cm³/mol. The summed E-state index contributed by atoms with van der Waals surface area (Å²) in [5.74, 6) is 0.836. The van der Waals surface area contributed by atoms with Crippen LogP contribution in [-0.4, -0.2) is 31.2 Å². The minimum atomic E-state index is -0.296. The molecule has 1 amide bonds. The maximum absolute atomic E-state index is 12.2. The highest BCUT2D eigenvalue weighted by molar-refractivity contribution is 7.80. The molecule has 1 unspecified atom stereocenters. The van der Waals surface area contributed by atoms with Crippen LogP contribution in [-0.2, 0) is 0 Å². The molecule has 1 atom stereocenters. The molecule has 3 N–H and O–H groups in total. The van der Waals surface area contributed by atoms with E-state index >= 15 is 0 Å². The van der Waals surface area contributed by atoms with Gasteiger partial charge in [0.15, 0.2) is 11.5 Å². The van der Waals surface area contributed by atoms with Gasteiger partial charge < -0.3 is 20.5 Å². The topological polar surface area (TPSA) is 73.6 Å². The number of nitrogens with two attached hydrogens (primary N) is 1. The number of thiocarbonyl (C=S) groups is 1. The van der Waals surface area contributed by atoms with Gasteiger partial charge in [-0.3, -0.25) is 4.79 Å². The normalized spacial score (nSPS) is 11.6. The molecule has 110 valence electrons. The monoisotopic (exact) mass is 296 g/mol. The molecule has 0 spiro atoms. The van der Waals surface area contributed by atoms with Gasteiger partial charge in [0.25, 0.3) is 5.91 Å². The fraction of sp³-hybridized carbons (Fsp3) is 0.429. The van der Waals surface area contributed by atoms with Crippen LogP contribution in [0.25, 0.3) is 0 Å². The third-order valence-electron chi connectivity index (χ3n) is 2.87. The second-order valence-electron chi connectivity index (χ2n) is 4.29. The van der Waals surface area contributed by atoms with E-state index in [9.17, 15) is 4.79 Å². The number of methoxy groups -OCH3 is 2. The maximum Gasteiger partial charge on any atom is 0.251 e. The number of carbonyl (C=O) groups excluding carboxylic acids is 1. The number of benzene rings is 1. The molecule has 0 fully saturated rings. The Morgan fingerprint density at radius 2 is 2.00 bits per heavy atom. The Morgan fingerprint density at radius 1 is 1.35 bits per heavy atom. The number of nitrogens with one attached hydrogen (secondary N) is 1. The Labute approximate surface area is 124 Å². The molecule has 0 aliphatic rings. The third-order valence-corrected chi connectivity index (χ3v) is 3.16. The molecule has 1 rings (SSSR count). The Hall–Kier alpha value is -1.82. The first kappa shape index (κ1) is 16.2. The third kappa shape index (κ3) is 4.09. The maximum atomic E-state index is 12.2. The first-order valence-corrected chi connectivity index (χ1v) is 6.76. The van der Waals surface area contributed by atoms with Crippen LogP contribution in [0.4, 0.5) is 0 Å². The highest BCUT2D eigenvalue weighted by Gasteiger charge is 2.16. The van der Waals surface area contributed by atoms with Crippen LogP contribution in [0.2, 0.25) is 0 Å². The van der Waals surface area contributed by atoms with E-state index in [0.29, 0.717) is 28.5 Å². The fourth-order valence-corrected chi connectivity index (χ4v) is 1.97. The van der Waals surface area contributed by atoms with Crippen molar-refractivity contribution in [1.82, 2.24) is 5.32 Å². The minimum Gasteiger partial charge on any atom is -0.493 e. The second kappa shape index (κ2) is 7.69. The fourth-order valence-electron chi connectivity index (χ4n) is 1.79. The summed E-state index contributed by atoms with van der Waals surface area (Å²) < 4.78 is 10.3. The van der Waals surface area contributed by atoms with Crippen molar-refractivity contribution in [1.29, 1.82) is 0 Å². The van der Waals surface area contributed by atoms with Crippen LogP contribution in [0.5, 0.6) is 11.5 Å². The molecule has 0 saturated heterocycles. The standard InChI is InChI=1S/C14H20N2O3S/c1-4-5-10(13(15)20)16-14(17)9-6-7-11(18-2)12(8-9)19-3/h6-8,10H,4-5H2,1-3H3,(H2,15,20)(H,16,17). The van der Waals surface area contributed by atoms with E-state index in [1.807, 2.05) is 6.92 Å². The first-order chi connectivity index (χ1) is 9.53. The zero-order valence-corrected chi connectivity index (χ0v) is 12.8. The molecule has 1 aromatic rings. The molecule has 0 aromatic heterocycles. The van der Waals surface area contributed by atoms with Crippen molar-refractivity contribution < 1.29 is 14.3 Å². The van der Waals surface area contributed by atoms with Crippen LogP contribution in [0.1, 0.15) is 30.1 Å². The molecule has 5 nitrogen and oxygen atoms in total. The van der Waals surface area contributed by atoms with Gasteiger partial charge in [-0.15, -0.1) is 0 Å². The number of amides is 1. The molecule has 0 heterocycles. The largest absolute Gasteiger partial charge is 0.493 e. The number of ether oxygens (including phenoxy) is 2. The molecule has 6 heteroatoms. The van der Waals surface area contributed by atoms with Gasteiger partial charge >= 0.3 is 0 Å². The SMILES string of the molecule is CCCC(NC(=O)c1ccc(OC)c(OC)c1)C(N)=S. The molecule has 0 aliphatic carbocycles. The average molecular weight is 296 g/mol. The van der Waals surface area contributed by atoms with E-state index in [4.69, 9.17) is 27.4 Å². The average Bonchev–Trinajstić information content (AvgIpc) is 2.45. The lowest BCUT2D eigenvalue weighted by Crippen LogP contribution is -2.43. The van der Waals surface area contributed by atoms with Gasteiger partial charge in [-0.05, 0) is 24.6 Å². The van der Waals surface area contributed by atoms with Crippen LogP contribution < -0.4 is 20.5 Å². The van der Waals surface area contributed by atoms with Gasteiger partial charge in [-0.1, -0.05) is 25.6 Å². The lowest BCUT2D eigenvalue weighted by molar-refractivity contribution is 0.0945. The molecular formula is C14H20N2O3S. The Balaban J connectivity index is 2.89. The molecule has 0 bridgehead atoms. The predicted octanol–water partition coefficient (Wildman–Crippen LogP) is 1.89. The minimum absolute atomic E-state index is 0.239. The van der Waals surface area contributed by atoms with E-state index in [2.05, 4.69) is 5.32 Å². The summed E-state index contributed by atoms with van der Waals surface area (Å²) >= 11 is 4.96. The molecule has 0 aliphatic heterocycles. The zero-order valence-electron chi connectivity index (χ0n) is 11.9. The lowest BCUT2D eigenvalue weighted by atomic mass is 10.1. The van der Waals surface area contributed by atoms with E-state index < -0.39 is 0 Å². The van der Waals surface area contributed by atoms with Crippen molar-refractivity contribution in [3.05, 3.63) is 23.8 Å². The second-order valence-corrected chi connectivity index (χ2v) is 4.76. The number of hydrogen-bond acceptors (Lipinski definition) is 4. The van der Waals surface area contributed by atoms with Gasteiger partial charge in [0, 0.05) is 5.56 Å². The molecular weight excluding hydrogens is 276 g/mol.